The van der Waals surface area contributed by atoms with Gasteiger partial charge in [0, 0.05) is 25.2 Å². The molecule has 2 aromatic rings. The Balaban J connectivity index is 1.55. The second-order valence-electron chi connectivity index (χ2n) is 6.49. The van der Waals surface area contributed by atoms with Gasteiger partial charge in [-0.15, -0.1) is 0 Å². The van der Waals surface area contributed by atoms with E-state index in [1.54, 1.807) is 4.90 Å². The lowest BCUT2D eigenvalue weighted by molar-refractivity contribution is -0.117. The molecular weight excluding hydrogens is 314 g/mol. The smallest absolute Gasteiger partial charge is 0.315 e. The van der Waals surface area contributed by atoms with E-state index >= 15 is 0 Å². The minimum absolute atomic E-state index is 0.0385. The lowest BCUT2D eigenvalue weighted by atomic mass is 10.1. The van der Waals surface area contributed by atoms with E-state index in [1.807, 2.05) is 62.4 Å². The quantitative estimate of drug-likeness (QED) is 0.901. The Kier molecular flexibility index (Phi) is 5.03. The number of benzene rings is 2. The van der Waals surface area contributed by atoms with Crippen LogP contribution in [0.15, 0.2) is 48.5 Å². The number of aryl methyl sites for hydroxylation is 2. The molecule has 0 aliphatic carbocycles. The molecule has 1 atom stereocenters. The summed E-state index contributed by atoms with van der Waals surface area (Å²) in [7, 11) is 0. The molecule has 1 fully saturated rings. The van der Waals surface area contributed by atoms with E-state index < -0.39 is 0 Å². The van der Waals surface area contributed by atoms with Gasteiger partial charge in [-0.25, -0.2) is 4.79 Å². The van der Waals surface area contributed by atoms with Gasteiger partial charge in [-0.3, -0.25) is 4.79 Å². The Bertz CT molecular complexity index is 774. The van der Waals surface area contributed by atoms with Crippen molar-refractivity contribution in [1.82, 2.24) is 10.6 Å². The lowest BCUT2D eigenvalue weighted by Gasteiger charge is -2.18. The second kappa shape index (κ2) is 7.38. The van der Waals surface area contributed by atoms with Crippen molar-refractivity contribution >= 4 is 17.6 Å². The molecule has 0 saturated carbocycles. The standard InChI is InChI=1S/C20H23N3O2/c1-14-8-9-18(10-15(14)2)23-13-17(11-19(23)24)22-20(25)21-12-16-6-4-3-5-7-16/h3-10,17H,11-13H2,1-2H3,(H2,21,22,25). The van der Waals surface area contributed by atoms with Gasteiger partial charge in [-0.1, -0.05) is 36.4 Å². The Hall–Kier alpha value is -2.82. The van der Waals surface area contributed by atoms with E-state index in [-0.39, 0.29) is 18.0 Å². The molecule has 0 radical (unpaired) electrons. The van der Waals surface area contributed by atoms with Crippen molar-refractivity contribution in [3.8, 4) is 0 Å². The van der Waals surface area contributed by atoms with Gasteiger partial charge in [-0.2, -0.15) is 0 Å². The van der Waals surface area contributed by atoms with Crippen LogP contribution in [0.3, 0.4) is 0 Å². The third-order valence-corrected chi connectivity index (χ3v) is 4.56. The molecule has 2 aromatic carbocycles. The van der Waals surface area contributed by atoms with Crippen molar-refractivity contribution in [2.24, 2.45) is 0 Å². The van der Waals surface area contributed by atoms with Crippen LogP contribution in [0.2, 0.25) is 0 Å². The van der Waals surface area contributed by atoms with E-state index in [0.29, 0.717) is 19.5 Å². The van der Waals surface area contributed by atoms with E-state index in [0.717, 1.165) is 16.8 Å². The molecule has 1 unspecified atom stereocenters. The van der Waals surface area contributed by atoms with Crippen molar-refractivity contribution < 1.29 is 9.59 Å². The maximum Gasteiger partial charge on any atom is 0.315 e. The van der Waals surface area contributed by atoms with Crippen molar-refractivity contribution in [3.05, 3.63) is 65.2 Å². The van der Waals surface area contributed by atoms with Crippen LogP contribution in [0, 0.1) is 13.8 Å². The number of nitrogens with zero attached hydrogens (tertiary/aromatic N) is 1. The van der Waals surface area contributed by atoms with Crippen LogP contribution in [0.25, 0.3) is 0 Å². The van der Waals surface area contributed by atoms with Gasteiger partial charge in [0.2, 0.25) is 5.91 Å². The highest BCUT2D eigenvalue weighted by Gasteiger charge is 2.31. The first-order valence-electron chi connectivity index (χ1n) is 8.49. The number of amides is 3. The monoisotopic (exact) mass is 337 g/mol. The molecule has 0 aromatic heterocycles. The average Bonchev–Trinajstić information content (AvgIpc) is 2.96. The molecule has 0 bridgehead atoms. The van der Waals surface area contributed by atoms with E-state index in [1.165, 1.54) is 5.56 Å². The fourth-order valence-electron chi connectivity index (χ4n) is 2.96. The average molecular weight is 337 g/mol. The predicted octanol–water partition coefficient (Wildman–Crippen LogP) is 2.91. The highest BCUT2D eigenvalue weighted by molar-refractivity contribution is 5.96. The molecule has 1 heterocycles. The molecule has 2 N–H and O–H groups in total. The predicted molar refractivity (Wildman–Crippen MR) is 98.5 cm³/mol. The zero-order chi connectivity index (χ0) is 17.8. The van der Waals surface area contributed by atoms with Gasteiger partial charge in [0.25, 0.3) is 0 Å². The SMILES string of the molecule is Cc1ccc(N2CC(NC(=O)NCc3ccccc3)CC2=O)cc1C. The number of hydrogen-bond acceptors (Lipinski definition) is 2. The Morgan fingerprint density at radius 1 is 1.12 bits per heavy atom. The number of hydrogen-bond donors (Lipinski definition) is 2. The molecule has 1 saturated heterocycles. The van der Waals surface area contributed by atoms with E-state index in [4.69, 9.17) is 0 Å². The summed E-state index contributed by atoms with van der Waals surface area (Å²) in [5.41, 5.74) is 4.28. The molecule has 1 aliphatic heterocycles. The summed E-state index contributed by atoms with van der Waals surface area (Å²) in [5.74, 6) is 0.0385. The largest absolute Gasteiger partial charge is 0.334 e. The maximum atomic E-state index is 12.3. The van der Waals surface area contributed by atoms with Crippen molar-refractivity contribution in [1.29, 1.82) is 0 Å². The minimum Gasteiger partial charge on any atom is -0.334 e. The van der Waals surface area contributed by atoms with Crippen LogP contribution in [0.5, 0.6) is 0 Å². The second-order valence-corrected chi connectivity index (χ2v) is 6.49. The lowest BCUT2D eigenvalue weighted by Crippen LogP contribution is -2.43. The topological polar surface area (TPSA) is 61.4 Å². The van der Waals surface area contributed by atoms with Crippen molar-refractivity contribution in [2.45, 2.75) is 32.9 Å². The zero-order valence-corrected chi connectivity index (χ0v) is 14.6. The molecule has 1 aliphatic rings. The summed E-state index contributed by atoms with van der Waals surface area (Å²) >= 11 is 0. The van der Waals surface area contributed by atoms with Crippen LogP contribution >= 0.6 is 0 Å². The molecule has 5 nitrogen and oxygen atoms in total. The first-order chi connectivity index (χ1) is 12.0. The maximum absolute atomic E-state index is 12.3. The summed E-state index contributed by atoms with van der Waals surface area (Å²) in [5, 5.41) is 5.72. The van der Waals surface area contributed by atoms with Crippen molar-refractivity contribution in [2.75, 3.05) is 11.4 Å². The molecular formula is C20H23N3O2. The molecule has 3 amide bonds. The van der Waals surface area contributed by atoms with Gasteiger partial charge in [0.05, 0.1) is 6.04 Å². The van der Waals surface area contributed by atoms with E-state index in [9.17, 15) is 9.59 Å². The summed E-state index contributed by atoms with van der Waals surface area (Å²) < 4.78 is 0. The molecule has 5 heteroatoms. The highest BCUT2D eigenvalue weighted by atomic mass is 16.2. The summed E-state index contributed by atoms with van der Waals surface area (Å²) in [6.07, 6.45) is 0.325. The fraction of sp³-hybridized carbons (Fsp3) is 0.300. The summed E-state index contributed by atoms with van der Waals surface area (Å²) in [6, 6.07) is 15.3. The molecule has 3 rings (SSSR count). The first-order valence-corrected chi connectivity index (χ1v) is 8.49. The van der Waals surface area contributed by atoms with Crippen LogP contribution in [-0.4, -0.2) is 24.5 Å². The Morgan fingerprint density at radius 2 is 1.88 bits per heavy atom. The highest BCUT2D eigenvalue weighted by Crippen LogP contribution is 2.24. The Labute approximate surface area is 148 Å². The summed E-state index contributed by atoms with van der Waals surface area (Å²) in [4.78, 5) is 26.1. The fourth-order valence-corrected chi connectivity index (χ4v) is 2.96. The van der Waals surface area contributed by atoms with Gasteiger partial charge >= 0.3 is 6.03 Å². The molecule has 130 valence electrons. The third-order valence-electron chi connectivity index (χ3n) is 4.56. The van der Waals surface area contributed by atoms with Gasteiger partial charge in [0.1, 0.15) is 0 Å². The Morgan fingerprint density at radius 3 is 2.60 bits per heavy atom. The van der Waals surface area contributed by atoms with Gasteiger partial charge < -0.3 is 15.5 Å². The number of rotatable bonds is 4. The van der Waals surface area contributed by atoms with Gasteiger partial charge in [-0.05, 0) is 42.7 Å². The van der Waals surface area contributed by atoms with Crippen molar-refractivity contribution in [3.63, 3.8) is 0 Å². The number of carbonyl (C=O) groups excluding carboxylic acids is 2. The number of urea groups is 1. The summed E-state index contributed by atoms with van der Waals surface area (Å²) in [6.45, 7) is 5.05. The normalized spacial score (nSPS) is 16.8. The number of anilines is 1. The molecule has 0 spiro atoms. The minimum atomic E-state index is -0.247. The third kappa shape index (κ3) is 4.18. The number of nitrogens with one attached hydrogen (secondary N) is 2. The van der Waals surface area contributed by atoms with Crippen LogP contribution in [0.4, 0.5) is 10.5 Å². The van der Waals surface area contributed by atoms with Gasteiger partial charge in [0.15, 0.2) is 0 Å². The van der Waals surface area contributed by atoms with Crippen LogP contribution in [-0.2, 0) is 11.3 Å². The van der Waals surface area contributed by atoms with E-state index in [2.05, 4.69) is 10.6 Å². The van der Waals surface area contributed by atoms with Crippen LogP contribution in [0.1, 0.15) is 23.1 Å². The van der Waals surface area contributed by atoms with Crippen LogP contribution < -0.4 is 15.5 Å². The zero-order valence-electron chi connectivity index (χ0n) is 14.6. The first kappa shape index (κ1) is 17.0. The number of carbonyl (C=O) groups is 2. The molecule has 25 heavy (non-hydrogen) atoms.